The van der Waals surface area contributed by atoms with Gasteiger partial charge in [0.1, 0.15) is 6.04 Å². The highest BCUT2D eigenvalue weighted by Gasteiger charge is 2.39. The van der Waals surface area contributed by atoms with Crippen LogP contribution in [0, 0.1) is 0 Å². The molecule has 2 aliphatic heterocycles. The summed E-state index contributed by atoms with van der Waals surface area (Å²) in [4.78, 5) is 26.7. The monoisotopic (exact) mass is 258 g/mol. The van der Waals surface area contributed by atoms with Crippen LogP contribution in [-0.4, -0.2) is 57.2 Å². The number of amides is 2. The molecule has 2 unspecified atom stereocenters. The number of likely N-dealkylation sites (tertiary alicyclic amines) is 1. The molecule has 0 saturated carbocycles. The fraction of sp³-hybridized carbons (Fsp3) is 0.818. The van der Waals surface area contributed by atoms with Gasteiger partial charge in [0.25, 0.3) is 0 Å². The smallest absolute Gasteiger partial charge is 0.327 e. The van der Waals surface area contributed by atoms with Gasteiger partial charge >= 0.3 is 12.0 Å². The lowest BCUT2D eigenvalue weighted by atomic mass is 10.2. The van der Waals surface area contributed by atoms with Gasteiger partial charge in [-0.3, -0.25) is 0 Å². The highest BCUT2D eigenvalue weighted by Crippen LogP contribution is 2.27. The van der Waals surface area contributed by atoms with Crippen molar-refractivity contribution in [1.29, 1.82) is 0 Å². The van der Waals surface area contributed by atoms with Gasteiger partial charge in [-0.2, -0.15) is 0 Å². The van der Waals surface area contributed by atoms with Crippen molar-refractivity contribution in [1.82, 2.24) is 9.80 Å². The summed E-state index contributed by atoms with van der Waals surface area (Å²) in [6.45, 7) is 2.84. The van der Waals surface area contributed by atoms with E-state index in [1.165, 1.54) is 16.7 Å². The molecule has 1 N–H and O–H groups in total. The van der Waals surface area contributed by atoms with Crippen molar-refractivity contribution in [3.63, 3.8) is 0 Å². The number of nitrogens with zero attached hydrogens (tertiary/aromatic N) is 2. The average Bonchev–Trinajstić information content (AvgIpc) is 2.96. The first kappa shape index (κ1) is 12.5. The van der Waals surface area contributed by atoms with Crippen molar-refractivity contribution in [2.24, 2.45) is 0 Å². The number of hydrogen-bond acceptors (Lipinski definition) is 3. The van der Waals surface area contributed by atoms with Crippen LogP contribution in [0.3, 0.4) is 0 Å². The van der Waals surface area contributed by atoms with Crippen molar-refractivity contribution < 1.29 is 14.7 Å². The standard InChI is InChI=1S/C11H18N2O3S/c1-2-8-4-3-5-12(8)11(16)13-7-17-6-9(13)10(14)15/h8-9H,2-7H2,1H3,(H,14,15). The van der Waals surface area contributed by atoms with Gasteiger partial charge in [0.2, 0.25) is 0 Å². The Morgan fingerprint density at radius 1 is 1.41 bits per heavy atom. The number of aliphatic carboxylic acids is 1. The lowest BCUT2D eigenvalue weighted by Gasteiger charge is -2.30. The molecule has 0 radical (unpaired) electrons. The Kier molecular flexibility index (Phi) is 3.81. The topological polar surface area (TPSA) is 60.9 Å². The molecule has 2 heterocycles. The van der Waals surface area contributed by atoms with Gasteiger partial charge in [0.05, 0.1) is 5.88 Å². The van der Waals surface area contributed by atoms with Crippen LogP contribution < -0.4 is 0 Å². The number of thioether (sulfide) groups is 1. The summed E-state index contributed by atoms with van der Waals surface area (Å²) in [5, 5.41) is 9.07. The molecule has 0 aliphatic carbocycles. The lowest BCUT2D eigenvalue weighted by molar-refractivity contribution is -0.141. The molecule has 2 rings (SSSR count). The van der Waals surface area contributed by atoms with E-state index in [2.05, 4.69) is 6.92 Å². The molecule has 0 aromatic heterocycles. The van der Waals surface area contributed by atoms with E-state index in [4.69, 9.17) is 5.11 Å². The van der Waals surface area contributed by atoms with E-state index in [0.29, 0.717) is 17.7 Å². The summed E-state index contributed by atoms with van der Waals surface area (Å²) in [6, 6.07) is -0.445. The van der Waals surface area contributed by atoms with E-state index in [-0.39, 0.29) is 6.03 Å². The van der Waals surface area contributed by atoms with E-state index in [1.807, 2.05) is 4.90 Å². The van der Waals surface area contributed by atoms with Crippen LogP contribution in [0.1, 0.15) is 26.2 Å². The predicted molar refractivity (Wildman–Crippen MR) is 66.0 cm³/mol. The fourth-order valence-electron chi connectivity index (χ4n) is 2.51. The number of carbonyl (C=O) groups is 2. The number of carbonyl (C=O) groups excluding carboxylic acids is 1. The van der Waals surface area contributed by atoms with Crippen molar-refractivity contribution in [2.75, 3.05) is 18.2 Å². The second-order valence-corrected chi connectivity index (χ2v) is 5.50. The summed E-state index contributed by atoms with van der Waals surface area (Å²) >= 11 is 1.51. The maximum Gasteiger partial charge on any atom is 0.327 e. The molecule has 2 atom stereocenters. The van der Waals surface area contributed by atoms with Crippen molar-refractivity contribution in [2.45, 2.75) is 38.3 Å². The highest BCUT2D eigenvalue weighted by atomic mass is 32.2. The summed E-state index contributed by atoms with van der Waals surface area (Å²) in [6.07, 6.45) is 3.02. The van der Waals surface area contributed by atoms with Crippen molar-refractivity contribution >= 4 is 23.8 Å². The van der Waals surface area contributed by atoms with E-state index in [1.54, 1.807) is 0 Å². The van der Waals surface area contributed by atoms with Gasteiger partial charge in [-0.1, -0.05) is 6.92 Å². The summed E-state index contributed by atoms with van der Waals surface area (Å²) in [7, 11) is 0. The van der Waals surface area contributed by atoms with Gasteiger partial charge in [0, 0.05) is 18.3 Å². The second-order valence-electron chi connectivity index (χ2n) is 4.50. The first-order chi connectivity index (χ1) is 8.15. The lowest BCUT2D eigenvalue weighted by Crippen LogP contribution is -2.50. The Bertz CT molecular complexity index is 324. The van der Waals surface area contributed by atoms with Gasteiger partial charge < -0.3 is 14.9 Å². The minimum atomic E-state index is -0.893. The Morgan fingerprint density at radius 2 is 2.18 bits per heavy atom. The molecule has 0 spiro atoms. The Hall–Kier alpha value is -0.910. The van der Waals surface area contributed by atoms with E-state index >= 15 is 0 Å². The van der Waals surface area contributed by atoms with Gasteiger partial charge in [-0.15, -0.1) is 11.8 Å². The molecular formula is C11H18N2O3S. The minimum absolute atomic E-state index is 0.0910. The van der Waals surface area contributed by atoms with E-state index < -0.39 is 12.0 Å². The number of urea groups is 1. The Labute approximate surface area is 105 Å². The van der Waals surface area contributed by atoms with Crippen molar-refractivity contribution in [3.05, 3.63) is 0 Å². The molecule has 0 aromatic carbocycles. The molecule has 0 bridgehead atoms. The molecule has 6 heteroatoms. The molecule has 2 fully saturated rings. The molecule has 2 aliphatic rings. The summed E-state index contributed by atoms with van der Waals surface area (Å²) in [5.41, 5.74) is 0. The highest BCUT2D eigenvalue weighted by molar-refractivity contribution is 7.99. The molecule has 96 valence electrons. The maximum absolute atomic E-state index is 12.3. The maximum atomic E-state index is 12.3. The van der Waals surface area contributed by atoms with Gasteiger partial charge in [-0.05, 0) is 19.3 Å². The molecule has 2 saturated heterocycles. The Balaban J connectivity index is 2.06. The molecule has 5 nitrogen and oxygen atoms in total. The van der Waals surface area contributed by atoms with Crippen LogP contribution in [0.15, 0.2) is 0 Å². The SMILES string of the molecule is CCC1CCCN1C(=O)N1CSCC1C(=O)O. The number of rotatable bonds is 2. The van der Waals surface area contributed by atoms with Gasteiger partial charge in [0.15, 0.2) is 0 Å². The summed E-state index contributed by atoms with van der Waals surface area (Å²) in [5.74, 6) is 0.115. The number of carboxylic acid groups (broad SMARTS) is 1. The first-order valence-corrected chi connectivity index (χ1v) is 7.18. The Morgan fingerprint density at radius 3 is 2.82 bits per heavy atom. The summed E-state index contributed by atoms with van der Waals surface area (Å²) < 4.78 is 0. The fourth-order valence-corrected chi connectivity index (χ4v) is 3.65. The third-order valence-electron chi connectivity index (χ3n) is 3.51. The van der Waals surface area contributed by atoms with Gasteiger partial charge in [-0.25, -0.2) is 9.59 Å². The molecule has 2 amide bonds. The quantitative estimate of drug-likeness (QED) is 0.814. The molecule has 17 heavy (non-hydrogen) atoms. The average molecular weight is 258 g/mol. The van der Waals surface area contributed by atoms with E-state index in [9.17, 15) is 9.59 Å². The van der Waals surface area contributed by atoms with Crippen molar-refractivity contribution in [3.8, 4) is 0 Å². The van der Waals surface area contributed by atoms with Crippen LogP contribution in [0.25, 0.3) is 0 Å². The third-order valence-corrected chi connectivity index (χ3v) is 4.52. The second kappa shape index (κ2) is 5.16. The van der Waals surface area contributed by atoms with Crippen LogP contribution in [0.4, 0.5) is 4.79 Å². The van der Waals surface area contributed by atoms with Crippen LogP contribution >= 0.6 is 11.8 Å². The normalized spacial score (nSPS) is 28.8. The zero-order chi connectivity index (χ0) is 12.4. The zero-order valence-electron chi connectivity index (χ0n) is 9.96. The third kappa shape index (κ3) is 2.36. The van der Waals surface area contributed by atoms with Crippen LogP contribution in [0.2, 0.25) is 0 Å². The van der Waals surface area contributed by atoms with Crippen LogP contribution in [-0.2, 0) is 4.79 Å². The molecule has 0 aromatic rings. The van der Waals surface area contributed by atoms with Crippen LogP contribution in [0.5, 0.6) is 0 Å². The zero-order valence-corrected chi connectivity index (χ0v) is 10.8. The predicted octanol–water partition coefficient (Wildman–Crippen LogP) is 1.44. The molecular weight excluding hydrogens is 240 g/mol. The number of carboxylic acids is 1. The number of hydrogen-bond donors (Lipinski definition) is 1. The minimum Gasteiger partial charge on any atom is -0.480 e. The first-order valence-electron chi connectivity index (χ1n) is 6.03. The largest absolute Gasteiger partial charge is 0.480 e. The van der Waals surface area contributed by atoms with E-state index in [0.717, 1.165) is 25.8 Å².